The average molecular weight is 274 g/mol. The molecule has 0 saturated heterocycles. The van der Waals surface area contributed by atoms with Gasteiger partial charge in [-0.05, 0) is 29.8 Å². The van der Waals surface area contributed by atoms with Crippen LogP contribution in [0.15, 0.2) is 30.5 Å². The number of halogens is 1. The van der Waals surface area contributed by atoms with Crippen LogP contribution in [0.5, 0.6) is 11.5 Å². The van der Waals surface area contributed by atoms with Gasteiger partial charge >= 0.3 is 0 Å². The summed E-state index contributed by atoms with van der Waals surface area (Å²) < 4.78 is 24.6. The van der Waals surface area contributed by atoms with E-state index in [2.05, 4.69) is 4.98 Å². The third kappa shape index (κ3) is 2.05. The van der Waals surface area contributed by atoms with Crippen molar-refractivity contribution in [2.75, 3.05) is 13.2 Å². The van der Waals surface area contributed by atoms with E-state index in [1.165, 1.54) is 12.3 Å². The molecule has 2 aromatic rings. The molecule has 20 heavy (non-hydrogen) atoms. The summed E-state index contributed by atoms with van der Waals surface area (Å²) in [4.78, 5) is 15.1. The molecule has 0 unspecified atom stereocenters. The number of primary amides is 1. The maximum Gasteiger partial charge on any atom is 0.252 e. The van der Waals surface area contributed by atoms with Crippen molar-refractivity contribution in [3.05, 3.63) is 42.0 Å². The lowest BCUT2D eigenvalue weighted by Crippen LogP contribution is -2.20. The van der Waals surface area contributed by atoms with E-state index in [9.17, 15) is 9.18 Å². The van der Waals surface area contributed by atoms with Crippen LogP contribution in [0.2, 0.25) is 0 Å². The van der Waals surface area contributed by atoms with Gasteiger partial charge in [-0.3, -0.25) is 4.79 Å². The van der Waals surface area contributed by atoms with Crippen molar-refractivity contribution in [2.24, 2.45) is 5.73 Å². The zero-order valence-corrected chi connectivity index (χ0v) is 10.4. The number of pyridine rings is 1. The van der Waals surface area contributed by atoms with Crippen LogP contribution in [0.1, 0.15) is 10.4 Å². The number of nitrogens with two attached hydrogens (primary N) is 1. The second-order valence-electron chi connectivity index (χ2n) is 4.25. The molecule has 2 heterocycles. The molecule has 5 nitrogen and oxygen atoms in total. The van der Waals surface area contributed by atoms with Gasteiger partial charge in [-0.25, -0.2) is 4.98 Å². The van der Waals surface area contributed by atoms with Crippen molar-refractivity contribution in [1.29, 1.82) is 0 Å². The third-order valence-electron chi connectivity index (χ3n) is 2.98. The van der Waals surface area contributed by atoms with Crippen molar-refractivity contribution in [2.45, 2.75) is 0 Å². The highest BCUT2D eigenvalue weighted by Crippen LogP contribution is 2.38. The van der Waals surface area contributed by atoms with Crippen molar-refractivity contribution in [3.63, 3.8) is 0 Å². The molecule has 3 rings (SSSR count). The van der Waals surface area contributed by atoms with E-state index in [1.807, 2.05) is 0 Å². The van der Waals surface area contributed by atoms with E-state index in [4.69, 9.17) is 15.2 Å². The van der Waals surface area contributed by atoms with Crippen molar-refractivity contribution in [3.8, 4) is 22.6 Å². The fourth-order valence-corrected chi connectivity index (χ4v) is 2.09. The van der Waals surface area contributed by atoms with E-state index in [0.717, 1.165) is 0 Å². The van der Waals surface area contributed by atoms with Crippen LogP contribution in [0.4, 0.5) is 4.39 Å². The van der Waals surface area contributed by atoms with Gasteiger partial charge in [0.05, 0.1) is 5.56 Å². The van der Waals surface area contributed by atoms with Gasteiger partial charge in [0, 0.05) is 11.8 Å². The number of fused-ring (bicyclic) bond motifs is 1. The minimum atomic E-state index is -0.655. The first kappa shape index (κ1) is 12.4. The fourth-order valence-electron chi connectivity index (χ4n) is 2.09. The highest BCUT2D eigenvalue weighted by molar-refractivity contribution is 5.98. The Morgan fingerprint density at radius 1 is 1.30 bits per heavy atom. The Balaban J connectivity index is 2.20. The fraction of sp³-hybridized carbons (Fsp3) is 0.143. The molecule has 2 N–H and O–H groups in total. The van der Waals surface area contributed by atoms with Gasteiger partial charge < -0.3 is 15.2 Å². The Morgan fingerprint density at radius 3 is 2.85 bits per heavy atom. The minimum absolute atomic E-state index is 0.167. The zero-order chi connectivity index (χ0) is 14.1. The largest absolute Gasteiger partial charge is 0.486 e. The van der Waals surface area contributed by atoms with E-state index >= 15 is 0 Å². The number of amides is 1. The molecule has 1 aromatic carbocycles. The van der Waals surface area contributed by atoms with Crippen molar-refractivity contribution >= 4 is 5.91 Å². The summed E-state index contributed by atoms with van der Waals surface area (Å²) in [6, 6.07) is 6.27. The Bertz CT molecular complexity index is 688. The number of hydrogen-bond acceptors (Lipinski definition) is 4. The van der Waals surface area contributed by atoms with Gasteiger partial charge in [-0.15, -0.1) is 0 Å². The third-order valence-corrected chi connectivity index (χ3v) is 2.98. The molecule has 102 valence electrons. The van der Waals surface area contributed by atoms with E-state index < -0.39 is 11.9 Å². The highest BCUT2D eigenvalue weighted by atomic mass is 19.1. The first-order valence-corrected chi connectivity index (χ1v) is 6.01. The summed E-state index contributed by atoms with van der Waals surface area (Å²) >= 11 is 0. The normalized spacial score (nSPS) is 13.1. The van der Waals surface area contributed by atoms with E-state index in [1.54, 1.807) is 18.2 Å². The van der Waals surface area contributed by atoms with Crippen LogP contribution in [0, 0.1) is 5.95 Å². The molecule has 0 atom stereocenters. The van der Waals surface area contributed by atoms with E-state index in [0.29, 0.717) is 30.3 Å². The first-order valence-electron chi connectivity index (χ1n) is 6.01. The Hall–Kier alpha value is -2.63. The van der Waals surface area contributed by atoms with Crippen molar-refractivity contribution < 1.29 is 18.7 Å². The topological polar surface area (TPSA) is 74.4 Å². The van der Waals surface area contributed by atoms with Gasteiger partial charge in [0.2, 0.25) is 5.95 Å². The summed E-state index contributed by atoms with van der Waals surface area (Å²) in [5.74, 6) is -0.597. The Kier molecular flexibility index (Phi) is 2.98. The molecule has 0 fully saturated rings. The molecular formula is C14H11FN2O3. The Labute approximate surface area is 114 Å². The van der Waals surface area contributed by atoms with Gasteiger partial charge in [0.15, 0.2) is 11.5 Å². The standard InChI is InChI=1S/C14H11FN2O3/c15-13-9(2-1-3-17-13)8-6-10(14(16)18)12-11(7-8)19-4-5-20-12/h1-3,6-7H,4-5H2,(H2,16,18). The summed E-state index contributed by atoms with van der Waals surface area (Å²) in [6.45, 7) is 0.706. The van der Waals surface area contributed by atoms with Gasteiger partial charge in [0.1, 0.15) is 13.2 Å². The summed E-state index contributed by atoms with van der Waals surface area (Å²) in [5.41, 5.74) is 6.24. The summed E-state index contributed by atoms with van der Waals surface area (Å²) in [6.07, 6.45) is 1.35. The van der Waals surface area contributed by atoms with E-state index in [-0.39, 0.29) is 11.1 Å². The van der Waals surface area contributed by atoms with Crippen LogP contribution in [0.3, 0.4) is 0 Å². The molecule has 0 aliphatic carbocycles. The number of carbonyl (C=O) groups is 1. The number of benzene rings is 1. The van der Waals surface area contributed by atoms with Crippen molar-refractivity contribution in [1.82, 2.24) is 4.98 Å². The lowest BCUT2D eigenvalue weighted by atomic mass is 10.0. The molecule has 1 aliphatic heterocycles. The molecular weight excluding hydrogens is 263 g/mol. The monoisotopic (exact) mass is 274 g/mol. The van der Waals surface area contributed by atoms with Crippen LogP contribution < -0.4 is 15.2 Å². The molecule has 0 spiro atoms. The summed E-state index contributed by atoms with van der Waals surface area (Å²) in [5, 5.41) is 0. The SMILES string of the molecule is NC(=O)c1cc(-c2cccnc2F)cc2c1OCCO2. The number of carbonyl (C=O) groups excluding carboxylic acids is 1. The van der Waals surface area contributed by atoms with Gasteiger partial charge in [0.25, 0.3) is 5.91 Å². The maximum absolute atomic E-state index is 13.7. The first-order chi connectivity index (χ1) is 9.66. The second kappa shape index (κ2) is 4.80. The predicted molar refractivity (Wildman–Crippen MR) is 69.1 cm³/mol. The van der Waals surface area contributed by atoms with Gasteiger partial charge in [-0.1, -0.05) is 0 Å². The zero-order valence-electron chi connectivity index (χ0n) is 10.4. The van der Waals surface area contributed by atoms with Crippen LogP contribution >= 0.6 is 0 Å². The number of hydrogen-bond donors (Lipinski definition) is 1. The lowest BCUT2D eigenvalue weighted by molar-refractivity contribution is 0.0989. The molecule has 1 aromatic heterocycles. The molecule has 0 radical (unpaired) electrons. The molecule has 0 saturated carbocycles. The second-order valence-corrected chi connectivity index (χ2v) is 4.25. The molecule has 0 bridgehead atoms. The van der Waals surface area contributed by atoms with Crippen LogP contribution in [0.25, 0.3) is 11.1 Å². The minimum Gasteiger partial charge on any atom is -0.486 e. The highest BCUT2D eigenvalue weighted by Gasteiger charge is 2.22. The lowest BCUT2D eigenvalue weighted by Gasteiger charge is -2.21. The molecule has 1 amide bonds. The molecule has 6 heteroatoms. The number of ether oxygens (including phenoxy) is 2. The van der Waals surface area contributed by atoms with Gasteiger partial charge in [-0.2, -0.15) is 4.39 Å². The van der Waals surface area contributed by atoms with Crippen LogP contribution in [-0.4, -0.2) is 24.1 Å². The molecule has 1 aliphatic rings. The summed E-state index contributed by atoms with van der Waals surface area (Å²) in [7, 11) is 0. The number of aromatic nitrogens is 1. The Morgan fingerprint density at radius 2 is 2.10 bits per heavy atom. The number of nitrogens with zero attached hydrogens (tertiary/aromatic N) is 1. The smallest absolute Gasteiger partial charge is 0.252 e. The quantitative estimate of drug-likeness (QED) is 0.847. The number of rotatable bonds is 2. The maximum atomic E-state index is 13.7. The predicted octanol–water partition coefficient (Wildman–Crippen LogP) is 1.76. The van der Waals surface area contributed by atoms with Crippen LogP contribution in [-0.2, 0) is 0 Å². The average Bonchev–Trinajstić information content (AvgIpc) is 2.46.